The van der Waals surface area contributed by atoms with Gasteiger partial charge in [-0.3, -0.25) is 19.3 Å². The number of carbonyl (C=O) groups is 3. The predicted octanol–water partition coefficient (Wildman–Crippen LogP) is 2.61. The molecule has 0 saturated carbocycles. The number of ketones is 1. The van der Waals surface area contributed by atoms with Gasteiger partial charge in [0.1, 0.15) is 6.54 Å². The Hall–Kier alpha value is -2.08. The highest BCUT2D eigenvalue weighted by Gasteiger charge is 2.33. The third-order valence-electron chi connectivity index (χ3n) is 4.39. The lowest BCUT2D eigenvalue weighted by molar-refractivity contribution is -0.130. The molecule has 0 atom stereocenters. The summed E-state index contributed by atoms with van der Waals surface area (Å²) in [5.41, 5.74) is 1.56. The summed E-state index contributed by atoms with van der Waals surface area (Å²) in [6.07, 6.45) is 2.33. The number of benzene rings is 1. The van der Waals surface area contributed by atoms with Gasteiger partial charge >= 0.3 is 0 Å². The maximum Gasteiger partial charge on any atom is 0.247 e. The van der Waals surface area contributed by atoms with Crippen molar-refractivity contribution in [3.63, 3.8) is 0 Å². The first kappa shape index (κ1) is 17.7. The summed E-state index contributed by atoms with van der Waals surface area (Å²) >= 11 is 1.32. The molecule has 3 rings (SSSR count). The molecule has 2 aliphatic rings. The first-order valence-electron chi connectivity index (χ1n) is 8.35. The zero-order valence-electron chi connectivity index (χ0n) is 14.7. The molecule has 0 bridgehead atoms. The maximum atomic E-state index is 12.7. The van der Waals surface area contributed by atoms with Gasteiger partial charge in [-0.05, 0) is 18.1 Å². The normalized spacial score (nSPS) is 18.8. The highest BCUT2D eigenvalue weighted by molar-refractivity contribution is 8.04. The Balaban J connectivity index is 1.77. The van der Waals surface area contributed by atoms with Crippen molar-refractivity contribution in [1.29, 1.82) is 0 Å². The van der Waals surface area contributed by atoms with E-state index in [0.717, 1.165) is 17.7 Å². The largest absolute Gasteiger partial charge is 0.310 e. The second kappa shape index (κ2) is 6.67. The Bertz CT molecular complexity index is 764. The van der Waals surface area contributed by atoms with E-state index in [0.29, 0.717) is 11.6 Å². The minimum absolute atomic E-state index is 0.0244. The molecule has 2 amide bonds. The molecule has 2 heterocycles. The molecular formula is C19H22N2O3S. The van der Waals surface area contributed by atoms with Crippen molar-refractivity contribution < 1.29 is 14.4 Å². The van der Waals surface area contributed by atoms with Crippen LogP contribution in [-0.2, 0) is 20.8 Å². The molecule has 0 unspecified atom stereocenters. The van der Waals surface area contributed by atoms with Crippen LogP contribution in [0, 0.1) is 5.41 Å². The Kier molecular flexibility index (Phi) is 4.73. The smallest absolute Gasteiger partial charge is 0.247 e. The molecule has 6 heteroatoms. The third kappa shape index (κ3) is 3.63. The summed E-state index contributed by atoms with van der Waals surface area (Å²) in [7, 11) is 0. The molecule has 5 nitrogen and oxygen atoms in total. The second-order valence-corrected chi connectivity index (χ2v) is 8.29. The van der Waals surface area contributed by atoms with Crippen LogP contribution in [-0.4, -0.2) is 41.3 Å². The molecule has 1 aromatic carbocycles. The number of rotatable bonds is 3. The standard InChI is InChI=1S/C19H22N2O3S/c1-19(2,3)15(22)10-18-21(17(24)12-25-18)11-16(23)20-9-8-13-6-4-5-7-14(13)20/h4-7,10H,8-9,11-12H2,1-3H3/b18-10-. The molecule has 25 heavy (non-hydrogen) atoms. The molecule has 0 N–H and O–H groups in total. The van der Waals surface area contributed by atoms with Crippen LogP contribution in [0.2, 0.25) is 0 Å². The lowest BCUT2D eigenvalue weighted by Crippen LogP contribution is -2.40. The fourth-order valence-corrected chi connectivity index (χ4v) is 3.79. The van der Waals surface area contributed by atoms with Crippen molar-refractivity contribution in [2.75, 3.05) is 23.7 Å². The van der Waals surface area contributed by atoms with Crippen molar-refractivity contribution in [3.05, 3.63) is 40.9 Å². The zero-order valence-corrected chi connectivity index (χ0v) is 15.6. The lowest BCUT2D eigenvalue weighted by Gasteiger charge is -2.23. The van der Waals surface area contributed by atoms with Crippen LogP contribution in [0.3, 0.4) is 0 Å². The number of thioether (sulfide) groups is 1. The Morgan fingerprint density at radius 2 is 1.96 bits per heavy atom. The van der Waals surface area contributed by atoms with Crippen molar-refractivity contribution >= 4 is 35.0 Å². The molecule has 2 aliphatic heterocycles. The van der Waals surface area contributed by atoms with Gasteiger partial charge in [-0.1, -0.05) is 50.7 Å². The second-order valence-electron chi connectivity index (χ2n) is 7.29. The number of carbonyl (C=O) groups excluding carboxylic acids is 3. The SMILES string of the molecule is CC(C)(C)C(=O)/C=C1\SCC(=O)N1CC(=O)N1CCc2ccccc21. The van der Waals surface area contributed by atoms with E-state index in [4.69, 9.17) is 0 Å². The van der Waals surface area contributed by atoms with Crippen molar-refractivity contribution in [1.82, 2.24) is 4.90 Å². The lowest BCUT2D eigenvalue weighted by atomic mass is 9.91. The minimum Gasteiger partial charge on any atom is -0.310 e. The van der Waals surface area contributed by atoms with E-state index in [1.165, 1.54) is 22.7 Å². The van der Waals surface area contributed by atoms with E-state index in [2.05, 4.69) is 0 Å². The number of para-hydroxylation sites is 1. The summed E-state index contributed by atoms with van der Waals surface area (Å²) in [4.78, 5) is 40.4. The Labute approximate surface area is 152 Å². The van der Waals surface area contributed by atoms with E-state index < -0.39 is 5.41 Å². The van der Waals surface area contributed by atoms with Crippen molar-refractivity contribution in [3.8, 4) is 0 Å². The number of hydrogen-bond donors (Lipinski definition) is 0. The molecule has 0 radical (unpaired) electrons. The number of hydrogen-bond acceptors (Lipinski definition) is 4. The van der Waals surface area contributed by atoms with Crippen LogP contribution in [0.4, 0.5) is 5.69 Å². The summed E-state index contributed by atoms with van der Waals surface area (Å²) < 4.78 is 0. The van der Waals surface area contributed by atoms with Crippen LogP contribution in [0.15, 0.2) is 35.4 Å². The Morgan fingerprint density at radius 3 is 2.68 bits per heavy atom. The van der Waals surface area contributed by atoms with Crippen LogP contribution in [0.1, 0.15) is 26.3 Å². The van der Waals surface area contributed by atoms with Crippen LogP contribution in [0.5, 0.6) is 0 Å². The summed E-state index contributed by atoms with van der Waals surface area (Å²) in [6, 6.07) is 7.83. The fraction of sp³-hybridized carbons (Fsp3) is 0.421. The molecular weight excluding hydrogens is 336 g/mol. The molecule has 0 aliphatic carbocycles. The van der Waals surface area contributed by atoms with Crippen molar-refractivity contribution in [2.24, 2.45) is 5.41 Å². The minimum atomic E-state index is -0.511. The van der Waals surface area contributed by atoms with Gasteiger partial charge in [0.2, 0.25) is 11.8 Å². The number of nitrogens with zero attached hydrogens (tertiary/aromatic N) is 2. The molecule has 1 saturated heterocycles. The highest BCUT2D eigenvalue weighted by Crippen LogP contribution is 2.32. The first-order chi connectivity index (χ1) is 11.8. The van der Waals surface area contributed by atoms with Gasteiger partial charge in [0, 0.05) is 23.7 Å². The van der Waals surface area contributed by atoms with Gasteiger partial charge in [0.25, 0.3) is 0 Å². The Morgan fingerprint density at radius 1 is 1.24 bits per heavy atom. The van der Waals surface area contributed by atoms with Gasteiger partial charge in [-0.25, -0.2) is 0 Å². The van der Waals surface area contributed by atoms with Gasteiger partial charge < -0.3 is 4.90 Å². The van der Waals surface area contributed by atoms with Crippen molar-refractivity contribution in [2.45, 2.75) is 27.2 Å². The van der Waals surface area contributed by atoms with E-state index in [1.54, 1.807) is 4.90 Å². The molecule has 1 fully saturated rings. The average Bonchev–Trinajstić information content (AvgIpc) is 3.12. The third-order valence-corrected chi connectivity index (χ3v) is 5.41. The summed E-state index contributed by atoms with van der Waals surface area (Å²) in [5, 5.41) is 0.575. The summed E-state index contributed by atoms with van der Waals surface area (Å²) in [5.74, 6) is -0.0185. The van der Waals surface area contributed by atoms with E-state index in [1.807, 2.05) is 45.0 Å². The van der Waals surface area contributed by atoms with Gasteiger partial charge in [0.15, 0.2) is 5.78 Å². The number of allylic oxidation sites excluding steroid dienone is 1. The molecule has 1 aromatic rings. The van der Waals surface area contributed by atoms with Gasteiger partial charge in [-0.15, -0.1) is 0 Å². The number of anilines is 1. The molecule has 132 valence electrons. The predicted molar refractivity (Wildman–Crippen MR) is 99.2 cm³/mol. The summed E-state index contributed by atoms with van der Waals surface area (Å²) in [6.45, 7) is 6.12. The van der Waals surface area contributed by atoms with E-state index in [-0.39, 0.29) is 29.9 Å². The van der Waals surface area contributed by atoms with Gasteiger partial charge in [0.05, 0.1) is 10.8 Å². The molecule has 0 spiro atoms. The number of fused-ring (bicyclic) bond motifs is 1. The van der Waals surface area contributed by atoms with Crippen LogP contribution < -0.4 is 4.90 Å². The van der Waals surface area contributed by atoms with Gasteiger partial charge in [-0.2, -0.15) is 0 Å². The molecule has 0 aromatic heterocycles. The van der Waals surface area contributed by atoms with E-state index in [9.17, 15) is 14.4 Å². The quantitative estimate of drug-likeness (QED) is 0.780. The zero-order chi connectivity index (χ0) is 18.2. The fourth-order valence-electron chi connectivity index (χ4n) is 2.85. The highest BCUT2D eigenvalue weighted by atomic mass is 32.2. The number of amides is 2. The maximum absolute atomic E-state index is 12.7. The van der Waals surface area contributed by atoms with E-state index >= 15 is 0 Å². The topological polar surface area (TPSA) is 57.7 Å². The average molecular weight is 358 g/mol. The first-order valence-corrected chi connectivity index (χ1v) is 9.33. The monoisotopic (exact) mass is 358 g/mol. The van der Waals surface area contributed by atoms with Crippen LogP contribution in [0.25, 0.3) is 0 Å². The van der Waals surface area contributed by atoms with Crippen LogP contribution >= 0.6 is 11.8 Å².